The molecule has 0 fully saturated rings. The first-order valence-electron chi connectivity index (χ1n) is 5.33. The molecule has 0 aliphatic rings. The molecule has 0 atom stereocenters. The molecule has 0 spiro atoms. The van der Waals surface area contributed by atoms with Crippen LogP contribution in [0.4, 0.5) is 0 Å². The topological polar surface area (TPSA) is 1060 Å². The van der Waals surface area contributed by atoms with Crippen LogP contribution in [0.2, 0.25) is 0 Å². The van der Waals surface area contributed by atoms with Gasteiger partial charge < -0.3 is 144 Å². The quantitative estimate of drug-likeness (QED) is 0.0825. The molecule has 0 aliphatic heterocycles. The van der Waals surface area contributed by atoms with Crippen LogP contribution in [0.15, 0.2) is 0 Å². The SMILES string of the molecule is O.O.O.O.O=S(=O)([O-])[O-].O=S(=O)([O-])[O-].O=S(=O)([O-])[O-].O=S(=O)([O-])[O-].O=S(=O)([O-])[O-].O=S(=O)([O-])[O-].O=S(=O)([O-])[O-].O=S(=O)([O-])[O-].[Ce+4].[Ce+4].[NH4+].[NH4+].[NH4+].[NH4+].[NH4+].[NH4+].[NH4+].[NH4+]. The van der Waals surface area contributed by atoms with Gasteiger partial charge in [0.15, 0.2) is 0 Å². The van der Waals surface area contributed by atoms with E-state index in [9.17, 15) is 0 Å². The molecule has 0 aromatic rings. The maximum Gasteiger partial charge on any atom is 4.00 e. The van der Waals surface area contributed by atoms with Gasteiger partial charge in [0.2, 0.25) is 0 Å². The Bertz CT molecular complexity index is 1100. The van der Waals surface area contributed by atoms with Gasteiger partial charge in [-0.1, -0.05) is 0 Å². The second-order valence-electron chi connectivity index (χ2n) is 3.27. The van der Waals surface area contributed by atoms with Crippen LogP contribution >= 0.6 is 0 Å². The molecule has 0 radical (unpaired) electrons. The minimum absolute atomic E-state index is 0. The molecule has 0 saturated heterocycles. The average Bonchev–Trinajstić information content (AvgIpc) is 2.16. The van der Waals surface area contributed by atoms with Crippen molar-refractivity contribution in [1.82, 2.24) is 49.2 Å². The van der Waals surface area contributed by atoms with E-state index in [-0.39, 0.29) is 155 Å². The summed E-state index contributed by atoms with van der Waals surface area (Å²) >= 11 is 0. The van der Waals surface area contributed by atoms with Crippen LogP contribution in [0.1, 0.15) is 0 Å². The first-order chi connectivity index (χ1) is 16.0. The third kappa shape index (κ3) is 95500. The van der Waals surface area contributed by atoms with E-state index in [0.29, 0.717) is 0 Å². The molecule has 0 heterocycles. The molecule has 0 bridgehead atoms. The summed E-state index contributed by atoms with van der Waals surface area (Å²) in [4.78, 5) is 0. The third-order valence-corrected chi connectivity index (χ3v) is 0. The Morgan fingerprint density at radius 1 is 0.167 bits per heavy atom. The van der Waals surface area contributed by atoms with Crippen LogP contribution < -0.4 is 49.2 Å². The number of hydrogen-bond donors (Lipinski definition) is 8. The van der Waals surface area contributed by atoms with Gasteiger partial charge in [0.1, 0.15) is 0 Å². The van der Waals surface area contributed by atoms with Gasteiger partial charge in [-0.15, -0.1) is 0 Å². The van der Waals surface area contributed by atoms with E-state index in [0.717, 1.165) is 0 Å². The van der Waals surface area contributed by atoms with Crippen LogP contribution in [0.5, 0.6) is 0 Å². The zero-order valence-corrected chi connectivity index (χ0v) is 40.1. The van der Waals surface area contributed by atoms with Crippen LogP contribution in [-0.4, -0.2) is 162 Å². The summed E-state index contributed by atoms with van der Waals surface area (Å²) in [7, 11) is -41.3. The molecule has 0 unspecified atom stereocenters. The first-order valence-corrected chi connectivity index (χ1v) is 16.0. The first kappa shape index (κ1) is 147. The molecular formula is H40Ce2N8O36S8. The molecule has 0 amide bonds. The fourth-order valence-electron chi connectivity index (χ4n) is 0. The van der Waals surface area contributed by atoms with Gasteiger partial charge in [0.25, 0.3) is 0 Å². The van der Waals surface area contributed by atoms with Crippen molar-refractivity contribution in [2.75, 3.05) is 0 Å². The van der Waals surface area contributed by atoms with Crippen molar-refractivity contribution < 1.29 is 246 Å². The van der Waals surface area contributed by atoms with Gasteiger partial charge in [-0.3, -0.25) is 67.3 Å². The van der Waals surface area contributed by atoms with E-state index < -0.39 is 83.2 Å². The Hall–Kier alpha value is 1.23. The van der Waals surface area contributed by atoms with Gasteiger partial charge in [-0.25, -0.2) is 0 Å². The summed E-state index contributed by atoms with van der Waals surface area (Å²) in [5.41, 5.74) is 0. The Labute approximate surface area is 373 Å². The molecule has 0 rings (SSSR count). The van der Waals surface area contributed by atoms with Crippen LogP contribution in [0.3, 0.4) is 0 Å². The molecule has 0 aromatic carbocycles. The summed E-state index contributed by atoms with van der Waals surface area (Å²) in [6, 6.07) is 0. The van der Waals surface area contributed by atoms with E-state index in [4.69, 9.17) is 140 Å². The Morgan fingerprint density at radius 3 is 0.167 bits per heavy atom. The molecule has 352 valence electrons. The summed E-state index contributed by atoms with van der Waals surface area (Å²) < 4.78 is 273. The maximum atomic E-state index is 8.52. The second-order valence-corrected chi connectivity index (χ2v) is 9.80. The minimum atomic E-state index is -5.17. The average molecular weight is 1270 g/mol. The molecule has 44 nitrogen and oxygen atoms in total. The van der Waals surface area contributed by atoms with E-state index >= 15 is 0 Å². The Morgan fingerprint density at radius 2 is 0.167 bits per heavy atom. The molecule has 40 N–H and O–H groups in total. The van der Waals surface area contributed by atoms with Crippen molar-refractivity contribution in [1.29, 1.82) is 0 Å². The fraction of sp³-hybridized carbons (Fsp3) is 0. The normalized spacial score (nSPS) is 8.59. The Balaban J connectivity index is -0.0000000104. The van der Waals surface area contributed by atoms with Crippen molar-refractivity contribution >= 4 is 83.2 Å². The van der Waals surface area contributed by atoms with Gasteiger partial charge in [-0.05, 0) is 0 Å². The largest absolute Gasteiger partial charge is 4.00 e. The van der Waals surface area contributed by atoms with Gasteiger partial charge in [0, 0.05) is 83.2 Å². The van der Waals surface area contributed by atoms with Crippen molar-refractivity contribution in [3.05, 3.63) is 0 Å². The van der Waals surface area contributed by atoms with E-state index in [1.54, 1.807) is 0 Å². The van der Waals surface area contributed by atoms with Crippen LogP contribution in [0.25, 0.3) is 0 Å². The smallest absolute Gasteiger partial charge is 0.759 e. The van der Waals surface area contributed by atoms with Crippen molar-refractivity contribution in [3.8, 4) is 0 Å². The van der Waals surface area contributed by atoms with Crippen LogP contribution in [0, 0.1) is 83.5 Å². The standard InChI is InChI=1S/2Ce.8H3N.8H2O4S.4H2O/c;;;;;;;;;;8*1-5(2,3)4;;;;/h;;8*1H3;8*(H2,1,2,3,4);4*1H2/q2*+4;;;;;;;;;;;;;;;;;;;;/p-8. The van der Waals surface area contributed by atoms with E-state index in [1.807, 2.05) is 0 Å². The molecule has 0 saturated carbocycles. The van der Waals surface area contributed by atoms with Crippen molar-refractivity contribution in [2.45, 2.75) is 0 Å². The molecule has 0 aliphatic carbocycles. The summed E-state index contributed by atoms with van der Waals surface area (Å²) in [5.74, 6) is 0. The van der Waals surface area contributed by atoms with Crippen molar-refractivity contribution in [3.63, 3.8) is 0 Å². The number of hydrogen-bond acceptors (Lipinski definition) is 32. The predicted octanol–water partition coefficient (Wildman–Crippen LogP) is -11.0. The second kappa shape index (κ2) is 63.4. The van der Waals surface area contributed by atoms with Crippen molar-refractivity contribution in [2.24, 2.45) is 0 Å². The third-order valence-electron chi connectivity index (χ3n) is 0. The Kier molecular flexibility index (Phi) is 173. The van der Waals surface area contributed by atoms with Gasteiger partial charge in [0.05, 0.1) is 0 Å². The van der Waals surface area contributed by atoms with Gasteiger partial charge in [-0.2, -0.15) is 0 Å². The van der Waals surface area contributed by atoms with E-state index in [2.05, 4.69) is 0 Å². The number of quaternary nitrogens is 8. The summed E-state index contributed by atoms with van der Waals surface area (Å²) in [6.45, 7) is 0. The minimum Gasteiger partial charge on any atom is -0.759 e. The zero-order valence-electron chi connectivity index (χ0n) is 27.3. The predicted molar refractivity (Wildman–Crippen MR) is 146 cm³/mol. The van der Waals surface area contributed by atoms with Crippen LogP contribution in [-0.2, 0) is 83.2 Å². The molecule has 54 heavy (non-hydrogen) atoms. The maximum absolute atomic E-state index is 8.52. The summed E-state index contributed by atoms with van der Waals surface area (Å²) in [5, 5.41) is 0. The zero-order chi connectivity index (χ0) is 36.0. The summed E-state index contributed by atoms with van der Waals surface area (Å²) in [6.07, 6.45) is 0. The molecular weight excluding hydrogens is 1220 g/mol. The number of rotatable bonds is 0. The van der Waals surface area contributed by atoms with E-state index in [1.165, 1.54) is 0 Å². The fourth-order valence-corrected chi connectivity index (χ4v) is 0. The molecule has 54 heteroatoms. The monoisotopic (exact) mass is 1260 g/mol. The van der Waals surface area contributed by atoms with Gasteiger partial charge >= 0.3 is 83.5 Å². The molecule has 0 aromatic heterocycles.